The minimum absolute atomic E-state index is 0.367. The fraction of sp³-hybridized carbons (Fsp3) is 0.250. The van der Waals surface area contributed by atoms with E-state index < -0.39 is 22.1 Å². The van der Waals surface area contributed by atoms with E-state index >= 15 is 0 Å². The van der Waals surface area contributed by atoms with Gasteiger partial charge in [0.2, 0.25) is 5.95 Å². The van der Waals surface area contributed by atoms with Crippen LogP contribution in [-0.2, 0) is 17.8 Å². The fourth-order valence-electron chi connectivity index (χ4n) is 3.39. The molecule has 2 heterocycles. The van der Waals surface area contributed by atoms with Gasteiger partial charge in [0.15, 0.2) is 5.58 Å². The molecule has 4 aromatic rings. The summed E-state index contributed by atoms with van der Waals surface area (Å²) in [5.74, 6) is -0.538. The highest BCUT2D eigenvalue weighted by molar-refractivity contribution is 7.90. The van der Waals surface area contributed by atoms with Crippen molar-refractivity contribution < 1.29 is 13.5 Å². The van der Waals surface area contributed by atoms with Crippen LogP contribution >= 0.6 is 0 Å². The highest BCUT2D eigenvalue weighted by Gasteiger charge is 2.31. The standard InChI is InChI=1S/C24H24FN3O2S/c1-24(2,3)31(29)28-20(15-16-9-8-14-22(25)26-16)17-10-4-5-11-18(17)23-19-12-6-7-13-21(19)30-27-23/h4-14,20,28H,15H2,1-3H3/t20?,31-/m0/s1. The molecule has 160 valence electrons. The minimum atomic E-state index is -1.34. The van der Waals surface area contributed by atoms with E-state index in [-0.39, 0.29) is 6.04 Å². The number of halogens is 1. The monoisotopic (exact) mass is 437 g/mol. The molecule has 0 saturated heterocycles. The Kier molecular flexibility index (Phi) is 6.09. The Morgan fingerprint density at radius 2 is 1.77 bits per heavy atom. The molecule has 7 heteroatoms. The number of nitrogens with one attached hydrogen (secondary N) is 1. The maximum Gasteiger partial charge on any atom is 0.213 e. The minimum Gasteiger partial charge on any atom is -0.598 e. The first-order valence-electron chi connectivity index (χ1n) is 10.1. The van der Waals surface area contributed by atoms with Crippen molar-refractivity contribution in [3.63, 3.8) is 0 Å². The van der Waals surface area contributed by atoms with Gasteiger partial charge in [-0.25, -0.2) is 4.98 Å². The average molecular weight is 438 g/mol. The summed E-state index contributed by atoms with van der Waals surface area (Å²) in [6, 6.07) is 19.8. The Morgan fingerprint density at radius 3 is 2.55 bits per heavy atom. The predicted molar refractivity (Wildman–Crippen MR) is 121 cm³/mol. The topological polar surface area (TPSA) is 74.0 Å². The second kappa shape index (κ2) is 8.78. The van der Waals surface area contributed by atoms with Crippen LogP contribution in [0, 0.1) is 5.95 Å². The van der Waals surface area contributed by atoms with E-state index in [1.54, 1.807) is 12.1 Å². The Morgan fingerprint density at radius 1 is 1.03 bits per heavy atom. The van der Waals surface area contributed by atoms with Crippen LogP contribution in [-0.4, -0.2) is 19.4 Å². The van der Waals surface area contributed by atoms with Crippen molar-refractivity contribution in [3.8, 4) is 11.3 Å². The van der Waals surface area contributed by atoms with Gasteiger partial charge in [-0.3, -0.25) is 0 Å². The van der Waals surface area contributed by atoms with Gasteiger partial charge in [-0.05, 0) is 50.6 Å². The highest BCUT2D eigenvalue weighted by atomic mass is 32.2. The highest BCUT2D eigenvalue weighted by Crippen LogP contribution is 2.34. The third-order valence-corrected chi connectivity index (χ3v) is 6.57. The van der Waals surface area contributed by atoms with E-state index in [2.05, 4.69) is 14.9 Å². The number of para-hydroxylation sites is 1. The van der Waals surface area contributed by atoms with Crippen LogP contribution in [0.3, 0.4) is 0 Å². The molecule has 0 bridgehead atoms. The normalized spacial score (nSPS) is 14.0. The van der Waals surface area contributed by atoms with Crippen molar-refractivity contribution >= 4 is 22.3 Å². The van der Waals surface area contributed by atoms with Crippen molar-refractivity contribution in [2.24, 2.45) is 0 Å². The molecular weight excluding hydrogens is 413 g/mol. The fourth-order valence-corrected chi connectivity index (χ4v) is 4.21. The first-order chi connectivity index (χ1) is 14.8. The molecule has 1 unspecified atom stereocenters. The molecule has 5 nitrogen and oxygen atoms in total. The number of benzene rings is 2. The van der Waals surface area contributed by atoms with E-state index in [4.69, 9.17) is 4.52 Å². The summed E-state index contributed by atoms with van der Waals surface area (Å²) in [7, 11) is 0. The summed E-state index contributed by atoms with van der Waals surface area (Å²) < 4.78 is 35.0. The molecule has 2 atom stereocenters. The SMILES string of the molecule is CC(C)(C)[S@+]([O-])NC(Cc1cccc(F)n1)c1ccccc1-c1noc2ccccc12. The first-order valence-corrected chi connectivity index (χ1v) is 11.2. The van der Waals surface area contributed by atoms with Crippen molar-refractivity contribution in [1.82, 2.24) is 14.9 Å². The number of pyridine rings is 1. The Bertz CT molecular complexity index is 1190. The number of hydrogen-bond donors (Lipinski definition) is 1. The lowest BCUT2D eigenvalue weighted by atomic mass is 9.94. The molecule has 1 N–H and O–H groups in total. The third-order valence-electron chi connectivity index (χ3n) is 4.96. The van der Waals surface area contributed by atoms with Gasteiger partial charge in [0, 0.05) is 34.4 Å². The lowest BCUT2D eigenvalue weighted by molar-refractivity contribution is 0.459. The van der Waals surface area contributed by atoms with Crippen LogP contribution < -0.4 is 4.72 Å². The second-order valence-electron chi connectivity index (χ2n) is 8.32. The maximum absolute atomic E-state index is 13.7. The van der Waals surface area contributed by atoms with Crippen molar-refractivity contribution in [2.75, 3.05) is 0 Å². The number of rotatable bonds is 6. The Labute approximate surface area is 184 Å². The molecular formula is C24H24FN3O2S. The smallest absolute Gasteiger partial charge is 0.213 e. The molecule has 4 rings (SSSR count). The van der Waals surface area contributed by atoms with Gasteiger partial charge in [0.1, 0.15) is 10.4 Å². The van der Waals surface area contributed by atoms with E-state index in [0.29, 0.717) is 23.4 Å². The Balaban J connectivity index is 1.79. The summed E-state index contributed by atoms with van der Waals surface area (Å²) in [6.07, 6.45) is 0.367. The van der Waals surface area contributed by atoms with Crippen LogP contribution in [0.1, 0.15) is 38.1 Å². The lowest BCUT2D eigenvalue weighted by Crippen LogP contribution is -2.42. The van der Waals surface area contributed by atoms with Gasteiger partial charge in [-0.2, -0.15) is 4.39 Å². The van der Waals surface area contributed by atoms with Gasteiger partial charge < -0.3 is 9.08 Å². The molecule has 31 heavy (non-hydrogen) atoms. The molecule has 0 spiro atoms. The Hall–Kier alpha value is -2.74. The molecule has 2 aromatic carbocycles. The van der Waals surface area contributed by atoms with Gasteiger partial charge in [-0.1, -0.05) is 47.6 Å². The number of nitrogens with zero attached hydrogens (tertiary/aromatic N) is 2. The number of aromatic nitrogens is 2. The summed E-state index contributed by atoms with van der Waals surface area (Å²) >= 11 is -1.34. The van der Waals surface area contributed by atoms with Crippen LogP contribution in [0.2, 0.25) is 0 Å². The molecule has 0 radical (unpaired) electrons. The van der Waals surface area contributed by atoms with Gasteiger partial charge in [0.25, 0.3) is 0 Å². The number of fused-ring (bicyclic) bond motifs is 1. The van der Waals surface area contributed by atoms with E-state index in [1.165, 1.54) is 6.07 Å². The van der Waals surface area contributed by atoms with Gasteiger partial charge in [0.05, 0.1) is 6.04 Å². The quantitative estimate of drug-likeness (QED) is 0.324. The summed E-state index contributed by atoms with van der Waals surface area (Å²) in [5, 5.41) is 5.20. The summed E-state index contributed by atoms with van der Waals surface area (Å²) in [4.78, 5) is 4.01. The molecule has 0 saturated carbocycles. The largest absolute Gasteiger partial charge is 0.598 e. The maximum atomic E-state index is 13.7. The summed E-state index contributed by atoms with van der Waals surface area (Å²) in [6.45, 7) is 5.72. The van der Waals surface area contributed by atoms with E-state index in [1.807, 2.05) is 69.3 Å². The van der Waals surface area contributed by atoms with Crippen LogP contribution in [0.15, 0.2) is 71.3 Å². The zero-order valence-electron chi connectivity index (χ0n) is 17.6. The van der Waals surface area contributed by atoms with E-state index in [9.17, 15) is 8.94 Å². The van der Waals surface area contributed by atoms with E-state index in [0.717, 1.165) is 16.5 Å². The molecule has 0 aliphatic heterocycles. The molecule has 0 aliphatic carbocycles. The van der Waals surface area contributed by atoms with Crippen LogP contribution in [0.4, 0.5) is 4.39 Å². The van der Waals surface area contributed by atoms with Crippen molar-refractivity contribution in [3.05, 3.63) is 83.9 Å². The first kappa shape index (κ1) is 21.5. The predicted octanol–water partition coefficient (Wildman–Crippen LogP) is 5.36. The van der Waals surface area contributed by atoms with Crippen molar-refractivity contribution in [2.45, 2.75) is 38.0 Å². The van der Waals surface area contributed by atoms with Crippen molar-refractivity contribution in [1.29, 1.82) is 0 Å². The molecule has 0 amide bonds. The second-order valence-corrected chi connectivity index (χ2v) is 10.3. The lowest BCUT2D eigenvalue weighted by Gasteiger charge is -2.29. The zero-order chi connectivity index (χ0) is 22.0. The molecule has 0 fully saturated rings. The van der Waals surface area contributed by atoms with Gasteiger partial charge in [-0.15, -0.1) is 4.72 Å². The molecule has 0 aliphatic rings. The van der Waals surface area contributed by atoms with Crippen LogP contribution in [0.5, 0.6) is 0 Å². The number of hydrogen-bond acceptors (Lipinski definition) is 5. The van der Waals surface area contributed by atoms with Crippen LogP contribution in [0.25, 0.3) is 22.2 Å². The third kappa shape index (κ3) is 4.79. The molecule has 2 aromatic heterocycles. The summed E-state index contributed by atoms with van der Waals surface area (Å²) in [5.41, 5.74) is 3.74. The zero-order valence-corrected chi connectivity index (χ0v) is 18.4. The average Bonchev–Trinajstić information content (AvgIpc) is 3.16. The van der Waals surface area contributed by atoms with Gasteiger partial charge >= 0.3 is 0 Å².